The smallest absolute Gasteiger partial charge is 0.335 e. The van der Waals surface area contributed by atoms with E-state index in [2.05, 4.69) is 10.3 Å². The molecule has 0 radical (unpaired) electrons. The van der Waals surface area contributed by atoms with Crippen LogP contribution < -0.4 is 10.1 Å². The second-order valence-electron chi connectivity index (χ2n) is 8.36. The summed E-state index contributed by atoms with van der Waals surface area (Å²) in [4.78, 5) is 27.7. The molecule has 180 valence electrons. The molecule has 4 rings (SSSR count). The number of carbonyl (C=O) groups is 2. The van der Waals surface area contributed by atoms with E-state index >= 15 is 0 Å². The second kappa shape index (κ2) is 10.9. The Morgan fingerprint density at radius 2 is 1.77 bits per heavy atom. The zero-order chi connectivity index (χ0) is 24.8. The number of aliphatic hydroxyl groups is 1. The number of amides is 1. The lowest BCUT2D eigenvalue weighted by molar-refractivity contribution is 0.0696. The molecule has 4 aromatic rings. The Labute approximate surface area is 203 Å². The maximum Gasteiger partial charge on any atom is 0.335 e. The van der Waals surface area contributed by atoms with E-state index in [4.69, 9.17) is 9.84 Å². The molecule has 4 N–H and O–H groups in total. The minimum absolute atomic E-state index is 0.192. The number of ether oxygens (including phenoxy) is 1. The fourth-order valence-electron chi connectivity index (χ4n) is 4.02. The van der Waals surface area contributed by atoms with Gasteiger partial charge in [-0.2, -0.15) is 0 Å². The SMILES string of the molecule is CCCOc1ccc(-c2ccc(C(=O)O)cc2)cc1C(=O)N[C@@H](CO)Cc1c[nH]c2ccccc12. The maximum absolute atomic E-state index is 13.3. The van der Waals surface area contributed by atoms with Crippen LogP contribution in [0.25, 0.3) is 22.0 Å². The molecular formula is C28H28N2O5. The van der Waals surface area contributed by atoms with Crippen molar-refractivity contribution in [1.29, 1.82) is 0 Å². The summed E-state index contributed by atoms with van der Waals surface area (Å²) in [6.07, 6.45) is 3.16. The Kier molecular flexibility index (Phi) is 7.48. The highest BCUT2D eigenvalue weighted by atomic mass is 16.5. The van der Waals surface area contributed by atoms with Crippen LogP contribution in [0.5, 0.6) is 5.75 Å². The predicted octanol–water partition coefficient (Wildman–Crippen LogP) is 4.66. The van der Waals surface area contributed by atoms with E-state index < -0.39 is 12.0 Å². The Hall–Kier alpha value is -4.10. The Morgan fingerprint density at radius 3 is 2.49 bits per heavy atom. The van der Waals surface area contributed by atoms with Gasteiger partial charge in [0.1, 0.15) is 5.75 Å². The number of hydrogen-bond acceptors (Lipinski definition) is 4. The van der Waals surface area contributed by atoms with Gasteiger partial charge in [-0.05, 0) is 59.9 Å². The average Bonchev–Trinajstić information content (AvgIpc) is 3.29. The molecule has 0 spiro atoms. The average molecular weight is 473 g/mol. The minimum Gasteiger partial charge on any atom is -0.493 e. The molecule has 1 heterocycles. The third-order valence-corrected chi connectivity index (χ3v) is 5.85. The van der Waals surface area contributed by atoms with Crippen LogP contribution >= 0.6 is 0 Å². The summed E-state index contributed by atoms with van der Waals surface area (Å²) >= 11 is 0. The number of H-pyrrole nitrogens is 1. The van der Waals surface area contributed by atoms with Gasteiger partial charge in [0.2, 0.25) is 0 Å². The van der Waals surface area contributed by atoms with Crippen LogP contribution in [0.1, 0.15) is 39.6 Å². The summed E-state index contributed by atoms with van der Waals surface area (Å²) < 4.78 is 5.82. The van der Waals surface area contributed by atoms with E-state index in [0.29, 0.717) is 24.3 Å². The van der Waals surface area contributed by atoms with Gasteiger partial charge in [0.25, 0.3) is 5.91 Å². The van der Waals surface area contributed by atoms with Gasteiger partial charge < -0.3 is 25.3 Å². The van der Waals surface area contributed by atoms with Gasteiger partial charge in [-0.15, -0.1) is 0 Å². The summed E-state index contributed by atoms with van der Waals surface area (Å²) in [6, 6.07) is 19.2. The molecule has 7 nitrogen and oxygen atoms in total. The number of hydrogen-bond donors (Lipinski definition) is 4. The van der Waals surface area contributed by atoms with Crippen molar-refractivity contribution in [2.75, 3.05) is 13.2 Å². The van der Waals surface area contributed by atoms with Gasteiger partial charge in [0, 0.05) is 17.1 Å². The number of fused-ring (bicyclic) bond motifs is 1. The molecule has 0 saturated carbocycles. The standard InChI is InChI=1S/C28H28N2O5/c1-2-13-35-26-12-11-20(18-7-9-19(10-8-18)28(33)34)15-24(26)27(32)30-22(17-31)14-21-16-29-25-6-4-3-5-23(21)25/h3-12,15-16,22,29,31H,2,13-14,17H2,1H3,(H,30,32)(H,33,34)/t22-/m1/s1. The molecule has 1 amide bonds. The van der Waals surface area contributed by atoms with E-state index in [1.807, 2.05) is 43.5 Å². The van der Waals surface area contributed by atoms with Crippen LogP contribution in [0.2, 0.25) is 0 Å². The maximum atomic E-state index is 13.3. The first-order valence-corrected chi connectivity index (χ1v) is 11.6. The van der Waals surface area contributed by atoms with Gasteiger partial charge >= 0.3 is 5.97 Å². The van der Waals surface area contributed by atoms with Gasteiger partial charge in [-0.25, -0.2) is 4.79 Å². The summed E-state index contributed by atoms with van der Waals surface area (Å²) in [5.74, 6) is -0.886. The molecule has 7 heteroatoms. The van der Waals surface area contributed by atoms with Gasteiger partial charge in [-0.3, -0.25) is 4.79 Å². The van der Waals surface area contributed by atoms with E-state index in [9.17, 15) is 14.7 Å². The monoisotopic (exact) mass is 472 g/mol. The van der Waals surface area contributed by atoms with Crippen molar-refractivity contribution in [2.24, 2.45) is 0 Å². The largest absolute Gasteiger partial charge is 0.493 e. The highest BCUT2D eigenvalue weighted by Gasteiger charge is 2.20. The number of aromatic carboxylic acids is 1. The Balaban J connectivity index is 1.59. The van der Waals surface area contributed by atoms with Crippen molar-refractivity contribution < 1.29 is 24.5 Å². The molecule has 3 aromatic carbocycles. The Bertz CT molecular complexity index is 1330. The number of rotatable bonds is 10. The molecular weight excluding hydrogens is 444 g/mol. The van der Waals surface area contributed by atoms with Crippen molar-refractivity contribution in [2.45, 2.75) is 25.8 Å². The summed E-state index contributed by atoms with van der Waals surface area (Å²) in [6.45, 7) is 2.24. The van der Waals surface area contributed by atoms with Crippen LogP contribution in [-0.2, 0) is 6.42 Å². The molecule has 1 aromatic heterocycles. The number of para-hydroxylation sites is 1. The fraction of sp³-hybridized carbons (Fsp3) is 0.214. The minimum atomic E-state index is -0.995. The zero-order valence-corrected chi connectivity index (χ0v) is 19.5. The molecule has 0 bridgehead atoms. The number of carbonyl (C=O) groups excluding carboxylic acids is 1. The molecule has 0 aliphatic heterocycles. The lowest BCUT2D eigenvalue weighted by Gasteiger charge is -2.18. The van der Waals surface area contributed by atoms with Crippen molar-refractivity contribution in [3.05, 3.63) is 89.6 Å². The number of nitrogens with one attached hydrogen (secondary N) is 2. The normalized spacial score (nSPS) is 11.8. The number of aromatic nitrogens is 1. The van der Waals surface area contributed by atoms with Crippen molar-refractivity contribution in [1.82, 2.24) is 10.3 Å². The van der Waals surface area contributed by atoms with E-state index in [1.165, 1.54) is 12.1 Å². The van der Waals surface area contributed by atoms with Crippen LogP contribution in [0.4, 0.5) is 0 Å². The summed E-state index contributed by atoms with van der Waals surface area (Å²) in [5, 5.41) is 23.2. The molecule has 35 heavy (non-hydrogen) atoms. The third kappa shape index (κ3) is 5.53. The lowest BCUT2D eigenvalue weighted by Crippen LogP contribution is -2.39. The van der Waals surface area contributed by atoms with E-state index in [1.54, 1.807) is 24.3 Å². The van der Waals surface area contributed by atoms with Crippen LogP contribution in [0.3, 0.4) is 0 Å². The number of aliphatic hydroxyl groups excluding tert-OH is 1. The number of aromatic amines is 1. The van der Waals surface area contributed by atoms with E-state index in [0.717, 1.165) is 34.0 Å². The summed E-state index contributed by atoms with van der Waals surface area (Å²) in [5.41, 5.74) is 4.10. The van der Waals surface area contributed by atoms with Crippen molar-refractivity contribution >= 4 is 22.8 Å². The second-order valence-corrected chi connectivity index (χ2v) is 8.36. The molecule has 0 aliphatic carbocycles. The van der Waals surface area contributed by atoms with Crippen molar-refractivity contribution in [3.63, 3.8) is 0 Å². The zero-order valence-electron chi connectivity index (χ0n) is 19.5. The first-order chi connectivity index (χ1) is 17.0. The van der Waals surface area contributed by atoms with Crippen molar-refractivity contribution in [3.8, 4) is 16.9 Å². The predicted molar refractivity (Wildman–Crippen MR) is 135 cm³/mol. The number of carboxylic acids is 1. The van der Waals surface area contributed by atoms with Gasteiger partial charge in [0.05, 0.1) is 30.4 Å². The Morgan fingerprint density at radius 1 is 1.03 bits per heavy atom. The first-order valence-electron chi connectivity index (χ1n) is 11.6. The highest BCUT2D eigenvalue weighted by molar-refractivity contribution is 5.98. The lowest BCUT2D eigenvalue weighted by atomic mass is 10.00. The van der Waals surface area contributed by atoms with Gasteiger partial charge in [-0.1, -0.05) is 43.3 Å². The fourth-order valence-corrected chi connectivity index (χ4v) is 4.02. The number of carboxylic acid groups (broad SMARTS) is 1. The van der Waals surface area contributed by atoms with E-state index in [-0.39, 0.29) is 18.1 Å². The molecule has 1 atom stereocenters. The molecule has 0 saturated heterocycles. The summed E-state index contributed by atoms with van der Waals surface area (Å²) in [7, 11) is 0. The number of benzene rings is 3. The van der Waals surface area contributed by atoms with Crippen LogP contribution in [0.15, 0.2) is 72.9 Å². The molecule has 0 aliphatic rings. The van der Waals surface area contributed by atoms with Crippen LogP contribution in [-0.4, -0.2) is 46.3 Å². The molecule has 0 unspecified atom stereocenters. The van der Waals surface area contributed by atoms with Gasteiger partial charge in [0.15, 0.2) is 0 Å². The third-order valence-electron chi connectivity index (χ3n) is 5.85. The quantitative estimate of drug-likeness (QED) is 0.268. The first kappa shape index (κ1) is 24.0. The topological polar surface area (TPSA) is 112 Å². The van der Waals surface area contributed by atoms with Crippen LogP contribution in [0, 0.1) is 0 Å². The highest BCUT2D eigenvalue weighted by Crippen LogP contribution is 2.28. The molecule has 0 fully saturated rings.